The number of phenols is 6. The molecular formula is C73H86F6N12O18S3. The van der Waals surface area contributed by atoms with E-state index >= 15 is 0 Å². The third-order valence-corrected chi connectivity index (χ3v) is 20.1. The lowest BCUT2D eigenvalue weighted by Gasteiger charge is -2.45. The normalized spacial score (nSPS) is 15.4. The molecule has 0 radical (unpaired) electrons. The van der Waals surface area contributed by atoms with Crippen molar-refractivity contribution in [1.82, 2.24) is 49.2 Å². The van der Waals surface area contributed by atoms with Gasteiger partial charge in [-0.05, 0) is 101 Å². The van der Waals surface area contributed by atoms with Gasteiger partial charge in [0.2, 0.25) is 15.0 Å². The van der Waals surface area contributed by atoms with Crippen LogP contribution in [0.1, 0.15) is 92.7 Å². The SMILES string of the molecule is CC(C)c1cc(-c2nnc(S(C)(=O)=O)n2-c2ccc(C[N+]3([O-])CCOCC3)cc2)c(O)cc1O.CC(C)c1cc(-c2nnc(S(C)=O)n2-c2ccc(C[N+]3([O-])CCOCC3)cc2)c(O)cc1O.CSc1nnc(-c2cc(C(C)C)c(O)cc2O)n1-c1ccc(CN2CCOCC2)cc1.O=C(O)C(F)(F)F.O=C(O)C(F)(F)F. The number of morpholine rings is 3. The summed E-state index contributed by atoms with van der Waals surface area (Å²) in [4.78, 5) is 20.2. The van der Waals surface area contributed by atoms with Gasteiger partial charge in [0.05, 0.1) is 67.1 Å². The highest BCUT2D eigenvalue weighted by atomic mass is 32.2. The number of aromatic nitrogens is 9. The third kappa shape index (κ3) is 22.5. The Hall–Kier alpha value is -9.81. The van der Waals surface area contributed by atoms with Crippen molar-refractivity contribution >= 4 is 44.3 Å². The molecule has 0 saturated carbocycles. The number of thioether (sulfide) groups is 1. The maximum atomic E-state index is 12.9. The van der Waals surface area contributed by atoms with E-state index < -0.39 is 44.9 Å². The number of phenolic OH excluding ortho intramolecular Hbond substituents is 6. The zero-order valence-corrected chi connectivity index (χ0v) is 64.7. The molecule has 3 aliphatic rings. The predicted octanol–water partition coefficient (Wildman–Crippen LogP) is 11.1. The Bertz CT molecular complexity index is 4850. The zero-order valence-electron chi connectivity index (χ0n) is 62.3. The van der Waals surface area contributed by atoms with Crippen LogP contribution in [0.5, 0.6) is 34.5 Å². The summed E-state index contributed by atoms with van der Waals surface area (Å²) in [6.45, 7) is 20.1. The number of ether oxygens (including phenoxy) is 3. The first-order valence-electron chi connectivity index (χ1n) is 34.6. The van der Waals surface area contributed by atoms with E-state index in [4.69, 9.17) is 34.0 Å². The predicted molar refractivity (Wildman–Crippen MR) is 399 cm³/mol. The molecule has 0 bridgehead atoms. The van der Waals surface area contributed by atoms with E-state index in [2.05, 4.69) is 59.8 Å². The number of carbonyl (C=O) groups is 2. The van der Waals surface area contributed by atoms with Crippen LogP contribution >= 0.6 is 11.8 Å². The standard InChI is InChI=1S/C23H28N4O6S.C23H28N4O5S.C23H28N4O3S.2C2HF3O2/c1-15(2)18-12-19(21(29)13-20(18)28)22-24-25-23(34(3,31)32)26(22)17-6-4-16(5-7-17)14-27(30)8-10-33-11-9-27;1-15(2)18-12-19(21(29)13-20(18)28)22-24-25-23(33(3)31)26(22)17-6-4-16(5-7-17)14-27(30)8-10-32-11-9-27;1-15(2)18-12-19(21(29)13-20(18)28)22-24-25-23(31-3)27(22)17-6-4-16(5-7-17)14-26-8-10-30-11-9-26;2*3-2(4,5)1(6)7/h4-7,12-13,15,28-29H,8-11,14H2,1-3H3;4-7,12-13,15,28-29H,8-11,14H2,1-3H3;4-7,12-13,15,28-29H,8-11,14H2,1-3H3;2*(H,6,7). The second-order valence-corrected chi connectivity index (χ2v) is 31.1. The third-order valence-electron chi connectivity index (χ3n) is 17.8. The maximum absolute atomic E-state index is 12.9. The second-order valence-electron chi connectivity index (χ2n) is 27.1. The molecule has 0 aliphatic carbocycles. The summed E-state index contributed by atoms with van der Waals surface area (Å²) in [6, 6.07) is 31.6. The number of benzene rings is 6. The molecule has 39 heteroatoms. The minimum Gasteiger partial charge on any atom is -0.632 e. The lowest BCUT2D eigenvalue weighted by molar-refractivity contribution is -0.901. The first-order valence-corrected chi connectivity index (χ1v) is 39.3. The summed E-state index contributed by atoms with van der Waals surface area (Å²) in [6.07, 6.45) is -5.67. The monoisotopic (exact) mass is 1630 g/mol. The molecule has 3 aromatic heterocycles. The minimum absolute atomic E-state index is 0.00117. The fraction of sp³-hybridized carbons (Fsp3) is 0.397. The molecule has 1 unspecified atom stereocenters. The van der Waals surface area contributed by atoms with Crippen LogP contribution in [-0.2, 0) is 64.1 Å². The highest BCUT2D eigenvalue weighted by Gasteiger charge is 2.39. The highest BCUT2D eigenvalue weighted by Crippen LogP contribution is 2.43. The largest absolute Gasteiger partial charge is 0.632 e. The van der Waals surface area contributed by atoms with Crippen molar-refractivity contribution < 1.29 is 113 Å². The van der Waals surface area contributed by atoms with E-state index in [0.717, 1.165) is 66.6 Å². The van der Waals surface area contributed by atoms with Crippen LogP contribution in [0.15, 0.2) is 125 Å². The molecule has 0 amide bonds. The number of aromatic hydroxyl groups is 6. The molecule has 9 aromatic rings. The quantitative estimate of drug-likeness (QED) is 0.0171. The molecular weight excluding hydrogens is 1540 g/mol. The van der Waals surface area contributed by atoms with Gasteiger partial charge in [-0.1, -0.05) is 89.7 Å². The average Bonchev–Trinajstić information content (AvgIpc) is 1.53. The number of carboxylic acid groups (broad SMARTS) is 2. The molecule has 3 aliphatic heterocycles. The van der Waals surface area contributed by atoms with Crippen LogP contribution in [-0.4, -0.2) is 234 Å². The summed E-state index contributed by atoms with van der Waals surface area (Å²) in [5.41, 5.74) is 8.13. The van der Waals surface area contributed by atoms with Gasteiger partial charge in [-0.15, -0.1) is 30.6 Å². The molecule has 112 heavy (non-hydrogen) atoms. The molecule has 606 valence electrons. The Labute approximate surface area is 646 Å². The molecule has 3 fully saturated rings. The van der Waals surface area contributed by atoms with Gasteiger partial charge < -0.3 is 74.8 Å². The van der Waals surface area contributed by atoms with E-state index in [1.54, 1.807) is 47.0 Å². The molecule has 1 atom stereocenters. The molecule has 6 aromatic carbocycles. The number of rotatable bonds is 18. The second kappa shape index (κ2) is 37.2. The van der Waals surface area contributed by atoms with Crippen molar-refractivity contribution in [3.8, 4) is 85.7 Å². The number of hydroxylamine groups is 6. The molecule has 30 nitrogen and oxygen atoms in total. The number of sulfone groups is 1. The molecule has 8 N–H and O–H groups in total. The van der Waals surface area contributed by atoms with Gasteiger partial charge in [0.25, 0.3) is 5.16 Å². The number of alkyl halides is 6. The van der Waals surface area contributed by atoms with Crippen LogP contribution < -0.4 is 0 Å². The summed E-state index contributed by atoms with van der Waals surface area (Å²) in [7, 11) is -5.21. The summed E-state index contributed by atoms with van der Waals surface area (Å²) < 4.78 is 121. The van der Waals surface area contributed by atoms with Crippen molar-refractivity contribution in [2.24, 2.45) is 0 Å². The van der Waals surface area contributed by atoms with Crippen LogP contribution in [0.3, 0.4) is 0 Å². The van der Waals surface area contributed by atoms with Gasteiger partial charge in [0.1, 0.15) is 73.8 Å². The van der Waals surface area contributed by atoms with E-state index in [1.807, 2.05) is 76.6 Å². The van der Waals surface area contributed by atoms with Crippen molar-refractivity contribution in [2.75, 3.05) is 97.7 Å². The number of halogens is 6. The topological polar surface area (TPSA) is 416 Å². The Morgan fingerprint density at radius 1 is 0.509 bits per heavy atom. The van der Waals surface area contributed by atoms with Crippen LogP contribution in [0.4, 0.5) is 26.3 Å². The lowest BCUT2D eigenvalue weighted by atomic mass is 9.98. The van der Waals surface area contributed by atoms with Gasteiger partial charge in [0.15, 0.2) is 22.6 Å². The molecule has 0 spiro atoms. The minimum atomic E-state index is -5.08. The summed E-state index contributed by atoms with van der Waals surface area (Å²) in [5, 5.41) is 128. The van der Waals surface area contributed by atoms with Crippen molar-refractivity contribution in [2.45, 2.75) is 107 Å². The Balaban J connectivity index is 0.000000194. The van der Waals surface area contributed by atoms with Crippen LogP contribution in [0.25, 0.3) is 51.2 Å². The van der Waals surface area contributed by atoms with E-state index in [0.29, 0.717) is 104 Å². The van der Waals surface area contributed by atoms with Crippen LogP contribution in [0.2, 0.25) is 0 Å². The van der Waals surface area contributed by atoms with E-state index in [9.17, 15) is 80.0 Å². The summed E-state index contributed by atoms with van der Waals surface area (Å²) in [5.74, 6) is -4.87. The average molecular weight is 1630 g/mol. The Kier molecular flexibility index (Phi) is 29.2. The van der Waals surface area contributed by atoms with Crippen molar-refractivity contribution in [1.29, 1.82) is 0 Å². The molecule has 12 rings (SSSR count). The first-order chi connectivity index (χ1) is 52.5. The number of hydrogen-bond acceptors (Lipinski definition) is 24. The number of carboxylic acids is 2. The number of nitrogens with zero attached hydrogens (tertiary/aromatic N) is 12. The fourth-order valence-electron chi connectivity index (χ4n) is 11.9. The van der Waals surface area contributed by atoms with Gasteiger partial charge >= 0.3 is 24.3 Å². The number of aliphatic carboxylic acids is 2. The number of hydrogen-bond donors (Lipinski definition) is 8. The smallest absolute Gasteiger partial charge is 0.490 e. The van der Waals surface area contributed by atoms with Gasteiger partial charge in [-0.3, -0.25) is 22.8 Å². The maximum Gasteiger partial charge on any atom is 0.490 e. The Morgan fingerprint density at radius 3 is 1.18 bits per heavy atom. The number of quaternary nitrogens is 2. The Morgan fingerprint density at radius 2 is 0.830 bits per heavy atom. The van der Waals surface area contributed by atoms with Gasteiger partial charge in [-0.25, -0.2) is 18.0 Å². The first kappa shape index (κ1) is 87.8. The zero-order chi connectivity index (χ0) is 82.5. The van der Waals surface area contributed by atoms with Gasteiger partial charge in [-0.2, -0.15) is 26.3 Å². The van der Waals surface area contributed by atoms with E-state index in [1.165, 1.54) is 46.3 Å². The lowest BCUT2D eigenvalue weighted by Crippen LogP contribution is -2.49. The molecule has 6 heterocycles. The van der Waals surface area contributed by atoms with Crippen molar-refractivity contribution in [3.63, 3.8) is 0 Å². The van der Waals surface area contributed by atoms with Crippen molar-refractivity contribution in [3.05, 3.63) is 153 Å². The highest BCUT2D eigenvalue weighted by molar-refractivity contribution is 7.98. The van der Waals surface area contributed by atoms with E-state index in [-0.39, 0.29) is 89.8 Å². The summed E-state index contributed by atoms with van der Waals surface area (Å²) >= 11 is 1.49. The molecule has 3 saturated heterocycles. The van der Waals surface area contributed by atoms with Gasteiger partial charge in [0, 0.05) is 78.5 Å². The van der Waals surface area contributed by atoms with Crippen LogP contribution in [0, 0.1) is 10.4 Å². The fourth-order valence-corrected chi connectivity index (χ4v) is 13.7.